The van der Waals surface area contributed by atoms with Crippen molar-refractivity contribution in [3.63, 3.8) is 0 Å². The van der Waals surface area contributed by atoms with Gasteiger partial charge in [0, 0.05) is 30.7 Å². The molecule has 1 aliphatic rings. The Balaban J connectivity index is 1.73. The van der Waals surface area contributed by atoms with E-state index in [2.05, 4.69) is 4.98 Å². The Bertz CT molecular complexity index is 683. The van der Waals surface area contributed by atoms with Gasteiger partial charge in [-0.2, -0.15) is 0 Å². The third-order valence-corrected chi connectivity index (χ3v) is 4.32. The molecule has 1 aliphatic heterocycles. The Morgan fingerprint density at radius 2 is 2.05 bits per heavy atom. The summed E-state index contributed by atoms with van der Waals surface area (Å²) in [6.45, 7) is 3.47. The van der Waals surface area contributed by atoms with Gasteiger partial charge >= 0.3 is 0 Å². The lowest BCUT2D eigenvalue weighted by Crippen LogP contribution is -2.43. The quantitative estimate of drug-likeness (QED) is 0.867. The van der Waals surface area contributed by atoms with Gasteiger partial charge in [0.05, 0.1) is 10.5 Å². The predicted molar refractivity (Wildman–Crippen MR) is 87.3 cm³/mol. The van der Waals surface area contributed by atoms with Crippen LogP contribution in [0, 0.1) is 0 Å². The molecular formula is C17H19ClN2O2. The number of hydrogen-bond donors (Lipinski definition) is 0. The molecule has 0 aliphatic carbocycles. The number of benzene rings is 1. The van der Waals surface area contributed by atoms with Crippen LogP contribution in [-0.4, -0.2) is 35.0 Å². The molecule has 2 heterocycles. The second kappa shape index (κ2) is 6.53. The van der Waals surface area contributed by atoms with Gasteiger partial charge in [0.2, 0.25) is 0 Å². The number of carbonyl (C=O) groups excluding carboxylic acids is 1. The Morgan fingerprint density at radius 3 is 2.82 bits per heavy atom. The van der Waals surface area contributed by atoms with Gasteiger partial charge in [-0.1, -0.05) is 11.6 Å². The second-order valence-corrected chi connectivity index (χ2v) is 6.02. The number of halogens is 1. The molecule has 5 heteroatoms. The monoisotopic (exact) mass is 318 g/mol. The van der Waals surface area contributed by atoms with Crippen molar-refractivity contribution in [3.05, 3.63) is 35.5 Å². The van der Waals surface area contributed by atoms with E-state index < -0.39 is 6.10 Å². The number of piperidine rings is 1. The van der Waals surface area contributed by atoms with Gasteiger partial charge in [-0.15, -0.1) is 0 Å². The van der Waals surface area contributed by atoms with Crippen LogP contribution in [0.15, 0.2) is 30.5 Å². The van der Waals surface area contributed by atoms with Crippen molar-refractivity contribution in [2.24, 2.45) is 0 Å². The fourth-order valence-corrected chi connectivity index (χ4v) is 3.01. The molecule has 1 saturated heterocycles. The smallest absolute Gasteiger partial charge is 0.263 e. The van der Waals surface area contributed by atoms with Crippen molar-refractivity contribution in [2.75, 3.05) is 13.1 Å². The number of pyridine rings is 1. The summed E-state index contributed by atoms with van der Waals surface area (Å²) < 4.78 is 5.80. The molecule has 3 rings (SSSR count). The Kier molecular flexibility index (Phi) is 4.48. The van der Waals surface area contributed by atoms with Crippen molar-refractivity contribution in [3.8, 4) is 5.75 Å². The minimum Gasteiger partial charge on any atom is -0.481 e. The zero-order valence-electron chi connectivity index (χ0n) is 12.6. The number of amides is 1. The summed E-state index contributed by atoms with van der Waals surface area (Å²) in [6.07, 6.45) is 4.54. The van der Waals surface area contributed by atoms with Gasteiger partial charge in [0.25, 0.3) is 5.91 Å². The molecule has 1 aromatic heterocycles. The molecule has 116 valence electrons. The molecule has 0 spiro atoms. The van der Waals surface area contributed by atoms with Crippen LogP contribution in [-0.2, 0) is 4.79 Å². The Morgan fingerprint density at radius 1 is 1.27 bits per heavy atom. The average molecular weight is 319 g/mol. The van der Waals surface area contributed by atoms with Gasteiger partial charge in [-0.05, 0) is 44.4 Å². The average Bonchev–Trinajstić information content (AvgIpc) is 2.55. The van der Waals surface area contributed by atoms with E-state index in [9.17, 15) is 4.79 Å². The van der Waals surface area contributed by atoms with Crippen LogP contribution in [0.1, 0.15) is 26.2 Å². The molecule has 0 N–H and O–H groups in total. The summed E-state index contributed by atoms with van der Waals surface area (Å²) in [5.41, 5.74) is 0.766. The minimum absolute atomic E-state index is 0.0545. The highest BCUT2D eigenvalue weighted by Crippen LogP contribution is 2.26. The number of fused-ring (bicyclic) bond motifs is 1. The highest BCUT2D eigenvalue weighted by atomic mass is 35.5. The molecular weight excluding hydrogens is 300 g/mol. The van der Waals surface area contributed by atoms with E-state index in [0.29, 0.717) is 10.8 Å². The van der Waals surface area contributed by atoms with Crippen molar-refractivity contribution >= 4 is 28.4 Å². The van der Waals surface area contributed by atoms with E-state index in [4.69, 9.17) is 16.3 Å². The lowest BCUT2D eigenvalue weighted by molar-refractivity contribution is -0.138. The topological polar surface area (TPSA) is 42.4 Å². The molecule has 0 bridgehead atoms. The number of ether oxygens (including phenoxy) is 1. The first kappa shape index (κ1) is 15.1. The summed E-state index contributed by atoms with van der Waals surface area (Å²) in [6, 6.07) is 7.28. The van der Waals surface area contributed by atoms with E-state index in [-0.39, 0.29) is 5.91 Å². The lowest BCUT2D eigenvalue weighted by Gasteiger charge is -2.29. The van der Waals surface area contributed by atoms with Gasteiger partial charge in [0.1, 0.15) is 5.75 Å². The van der Waals surface area contributed by atoms with Crippen LogP contribution in [0.5, 0.6) is 5.75 Å². The summed E-state index contributed by atoms with van der Waals surface area (Å²) in [7, 11) is 0. The number of hydrogen-bond acceptors (Lipinski definition) is 3. The normalized spacial score (nSPS) is 16.5. The van der Waals surface area contributed by atoms with E-state index in [1.165, 1.54) is 6.42 Å². The fraction of sp³-hybridized carbons (Fsp3) is 0.412. The van der Waals surface area contributed by atoms with Crippen LogP contribution in [0.3, 0.4) is 0 Å². The van der Waals surface area contributed by atoms with Crippen LogP contribution in [0.25, 0.3) is 10.9 Å². The zero-order chi connectivity index (χ0) is 15.5. The van der Waals surface area contributed by atoms with Gasteiger partial charge in [0.15, 0.2) is 6.10 Å². The van der Waals surface area contributed by atoms with Gasteiger partial charge in [-0.25, -0.2) is 0 Å². The van der Waals surface area contributed by atoms with Crippen LogP contribution < -0.4 is 4.74 Å². The van der Waals surface area contributed by atoms with Crippen molar-refractivity contribution in [1.29, 1.82) is 0 Å². The first-order valence-electron chi connectivity index (χ1n) is 7.65. The maximum atomic E-state index is 12.4. The Labute approximate surface area is 135 Å². The molecule has 1 fully saturated rings. The number of carbonyl (C=O) groups is 1. The largest absolute Gasteiger partial charge is 0.481 e. The van der Waals surface area contributed by atoms with Crippen LogP contribution in [0.4, 0.5) is 0 Å². The Hall–Kier alpha value is -1.81. The molecule has 0 saturated carbocycles. The molecule has 1 atom stereocenters. The first-order valence-corrected chi connectivity index (χ1v) is 8.02. The highest BCUT2D eigenvalue weighted by molar-refractivity contribution is 6.35. The number of rotatable bonds is 3. The number of likely N-dealkylation sites (tertiary alicyclic amines) is 1. The maximum Gasteiger partial charge on any atom is 0.263 e. The zero-order valence-corrected chi connectivity index (χ0v) is 13.3. The molecule has 4 nitrogen and oxygen atoms in total. The molecule has 1 aromatic carbocycles. The molecule has 22 heavy (non-hydrogen) atoms. The fourth-order valence-electron chi connectivity index (χ4n) is 2.79. The standard InChI is InChI=1S/C17H19ClN2O2/c1-12(17(21)20-9-3-2-4-10-20)22-13-5-6-14-15(18)7-8-19-16(14)11-13/h5-8,11-12H,2-4,9-10H2,1H3. The van der Waals surface area contributed by atoms with Gasteiger partial charge in [-0.3, -0.25) is 9.78 Å². The van der Waals surface area contributed by atoms with E-state index in [0.717, 1.165) is 36.8 Å². The third kappa shape index (κ3) is 3.17. The van der Waals surface area contributed by atoms with E-state index in [1.54, 1.807) is 19.2 Å². The van der Waals surface area contributed by atoms with E-state index in [1.807, 2.05) is 23.1 Å². The number of nitrogens with zero attached hydrogens (tertiary/aromatic N) is 2. The molecule has 1 amide bonds. The molecule has 1 unspecified atom stereocenters. The van der Waals surface area contributed by atoms with Gasteiger partial charge < -0.3 is 9.64 Å². The SMILES string of the molecule is CC(Oc1ccc2c(Cl)ccnc2c1)C(=O)N1CCCCC1. The summed E-state index contributed by atoms with van der Waals surface area (Å²) in [5.74, 6) is 0.693. The predicted octanol–water partition coefficient (Wildman–Crippen LogP) is 3.67. The van der Waals surface area contributed by atoms with Crippen molar-refractivity contribution in [1.82, 2.24) is 9.88 Å². The van der Waals surface area contributed by atoms with Crippen molar-refractivity contribution in [2.45, 2.75) is 32.3 Å². The maximum absolute atomic E-state index is 12.4. The number of aromatic nitrogens is 1. The minimum atomic E-state index is -0.491. The van der Waals surface area contributed by atoms with Crippen LogP contribution >= 0.6 is 11.6 Å². The van der Waals surface area contributed by atoms with Crippen molar-refractivity contribution < 1.29 is 9.53 Å². The lowest BCUT2D eigenvalue weighted by atomic mass is 10.1. The second-order valence-electron chi connectivity index (χ2n) is 5.62. The molecule has 2 aromatic rings. The highest BCUT2D eigenvalue weighted by Gasteiger charge is 2.23. The summed E-state index contributed by atoms with van der Waals surface area (Å²) >= 11 is 6.13. The summed E-state index contributed by atoms with van der Waals surface area (Å²) in [4.78, 5) is 18.6. The molecule has 0 radical (unpaired) electrons. The van der Waals surface area contributed by atoms with Crippen LogP contribution in [0.2, 0.25) is 5.02 Å². The third-order valence-electron chi connectivity index (χ3n) is 3.99. The summed E-state index contributed by atoms with van der Waals surface area (Å²) in [5, 5.41) is 1.54. The van der Waals surface area contributed by atoms with E-state index >= 15 is 0 Å². The first-order chi connectivity index (χ1) is 10.6.